The monoisotopic (exact) mass is 354 g/mol. The molecule has 0 saturated heterocycles. The lowest BCUT2D eigenvalue weighted by Gasteiger charge is -2.13. The summed E-state index contributed by atoms with van der Waals surface area (Å²) in [6.07, 6.45) is 6.40. The fourth-order valence-corrected chi connectivity index (χ4v) is 2.93. The molecule has 1 aliphatic rings. The van der Waals surface area contributed by atoms with E-state index in [4.69, 9.17) is 4.74 Å². The quantitative estimate of drug-likeness (QED) is 0.646. The summed E-state index contributed by atoms with van der Waals surface area (Å²) in [6.45, 7) is 0.449. The Labute approximate surface area is 151 Å². The SMILES string of the molecule is O=C1C=C(OCCC=C(c2ccc(F)cc2)c2ccc(F)cc2)CCC1. The van der Waals surface area contributed by atoms with Crippen molar-refractivity contribution in [3.05, 3.63) is 89.2 Å². The predicted octanol–water partition coefficient (Wildman–Crippen LogP) is 5.44. The van der Waals surface area contributed by atoms with E-state index in [0.717, 1.165) is 35.3 Å². The maximum Gasteiger partial charge on any atom is 0.159 e. The van der Waals surface area contributed by atoms with E-state index in [2.05, 4.69) is 0 Å². The normalized spacial score (nSPS) is 13.9. The largest absolute Gasteiger partial charge is 0.497 e. The van der Waals surface area contributed by atoms with Gasteiger partial charge in [0.15, 0.2) is 5.78 Å². The van der Waals surface area contributed by atoms with Crippen LogP contribution in [-0.4, -0.2) is 12.4 Å². The molecule has 0 fully saturated rings. The molecular weight excluding hydrogens is 334 g/mol. The van der Waals surface area contributed by atoms with Crippen LogP contribution in [0.25, 0.3) is 5.57 Å². The van der Waals surface area contributed by atoms with Gasteiger partial charge < -0.3 is 4.74 Å². The number of rotatable bonds is 6. The second-order valence-electron chi connectivity index (χ2n) is 6.20. The van der Waals surface area contributed by atoms with Gasteiger partial charge in [-0.05, 0) is 47.4 Å². The zero-order valence-electron chi connectivity index (χ0n) is 14.4. The Morgan fingerprint density at radius 3 is 2.04 bits per heavy atom. The molecular formula is C22H20F2O2. The van der Waals surface area contributed by atoms with E-state index in [9.17, 15) is 13.6 Å². The third-order valence-corrected chi connectivity index (χ3v) is 4.23. The number of carbonyl (C=O) groups is 1. The lowest BCUT2D eigenvalue weighted by molar-refractivity contribution is -0.115. The second-order valence-corrected chi connectivity index (χ2v) is 6.20. The van der Waals surface area contributed by atoms with Crippen molar-refractivity contribution >= 4 is 11.4 Å². The summed E-state index contributed by atoms with van der Waals surface area (Å²) in [7, 11) is 0. The Morgan fingerprint density at radius 2 is 1.50 bits per heavy atom. The summed E-state index contributed by atoms with van der Waals surface area (Å²) in [5.74, 6) is 0.244. The van der Waals surface area contributed by atoms with Crippen LogP contribution in [0.4, 0.5) is 8.78 Å². The molecule has 0 N–H and O–H groups in total. The van der Waals surface area contributed by atoms with Crippen LogP contribution in [0.3, 0.4) is 0 Å². The molecule has 4 heteroatoms. The highest BCUT2D eigenvalue weighted by molar-refractivity contribution is 5.90. The highest BCUT2D eigenvalue weighted by Crippen LogP contribution is 2.25. The zero-order valence-corrected chi connectivity index (χ0v) is 14.4. The van der Waals surface area contributed by atoms with E-state index in [1.54, 1.807) is 30.3 Å². The topological polar surface area (TPSA) is 26.3 Å². The summed E-state index contributed by atoms with van der Waals surface area (Å²) in [5, 5.41) is 0. The van der Waals surface area contributed by atoms with E-state index in [1.807, 2.05) is 6.08 Å². The fourth-order valence-electron chi connectivity index (χ4n) is 2.93. The molecule has 2 nitrogen and oxygen atoms in total. The molecule has 134 valence electrons. The number of allylic oxidation sites excluding steroid dienone is 2. The smallest absolute Gasteiger partial charge is 0.159 e. The maximum atomic E-state index is 13.2. The Hall–Kier alpha value is -2.75. The average molecular weight is 354 g/mol. The highest BCUT2D eigenvalue weighted by atomic mass is 19.1. The van der Waals surface area contributed by atoms with Gasteiger partial charge in [-0.3, -0.25) is 4.79 Å². The standard InChI is InChI=1S/C22H20F2O2/c23-18-10-6-16(7-11-18)22(17-8-12-19(24)13-9-17)5-2-14-26-21-4-1-3-20(25)15-21/h5-13,15H,1-4,14H2. The first kappa shape index (κ1) is 18.1. The molecule has 0 amide bonds. The van der Waals surface area contributed by atoms with Gasteiger partial charge in [-0.15, -0.1) is 0 Å². The average Bonchev–Trinajstić information content (AvgIpc) is 2.64. The Kier molecular flexibility index (Phi) is 5.95. The van der Waals surface area contributed by atoms with Gasteiger partial charge in [0.25, 0.3) is 0 Å². The molecule has 0 bridgehead atoms. The molecule has 0 aliphatic heterocycles. The third-order valence-electron chi connectivity index (χ3n) is 4.23. The maximum absolute atomic E-state index is 13.2. The van der Waals surface area contributed by atoms with Crippen LogP contribution >= 0.6 is 0 Å². The van der Waals surface area contributed by atoms with Gasteiger partial charge in [0.05, 0.1) is 12.4 Å². The van der Waals surface area contributed by atoms with E-state index in [0.29, 0.717) is 19.4 Å². The van der Waals surface area contributed by atoms with Crippen molar-refractivity contribution in [2.75, 3.05) is 6.61 Å². The minimum Gasteiger partial charge on any atom is -0.497 e. The Balaban J connectivity index is 1.74. The van der Waals surface area contributed by atoms with Crippen LogP contribution in [0.15, 0.2) is 66.4 Å². The lowest BCUT2D eigenvalue weighted by Crippen LogP contribution is -2.05. The number of benzene rings is 2. The van der Waals surface area contributed by atoms with Gasteiger partial charge in [-0.1, -0.05) is 30.3 Å². The van der Waals surface area contributed by atoms with E-state index >= 15 is 0 Å². The van der Waals surface area contributed by atoms with E-state index in [-0.39, 0.29) is 17.4 Å². The summed E-state index contributed by atoms with van der Waals surface area (Å²) in [4.78, 5) is 11.4. The minimum atomic E-state index is -0.301. The van der Waals surface area contributed by atoms with Crippen LogP contribution in [0.1, 0.15) is 36.8 Å². The van der Waals surface area contributed by atoms with Crippen LogP contribution in [0.2, 0.25) is 0 Å². The summed E-state index contributed by atoms with van der Waals surface area (Å²) >= 11 is 0. The molecule has 2 aromatic rings. The number of hydrogen-bond donors (Lipinski definition) is 0. The molecule has 3 rings (SSSR count). The first-order valence-corrected chi connectivity index (χ1v) is 8.70. The number of halogens is 2. The Morgan fingerprint density at radius 1 is 0.923 bits per heavy atom. The zero-order chi connectivity index (χ0) is 18.4. The van der Waals surface area contributed by atoms with Gasteiger partial charge in [0.1, 0.15) is 11.6 Å². The predicted molar refractivity (Wildman–Crippen MR) is 97.4 cm³/mol. The molecule has 1 aliphatic carbocycles. The molecule has 0 saturated carbocycles. The van der Waals surface area contributed by atoms with Crippen LogP contribution in [0, 0.1) is 11.6 Å². The van der Waals surface area contributed by atoms with Gasteiger partial charge in [-0.25, -0.2) is 8.78 Å². The molecule has 26 heavy (non-hydrogen) atoms. The molecule has 2 aromatic carbocycles. The minimum absolute atomic E-state index is 0.111. The van der Waals surface area contributed by atoms with Gasteiger partial charge in [-0.2, -0.15) is 0 Å². The van der Waals surface area contributed by atoms with Gasteiger partial charge >= 0.3 is 0 Å². The van der Waals surface area contributed by atoms with Crippen molar-refractivity contribution in [1.82, 2.24) is 0 Å². The van der Waals surface area contributed by atoms with Crippen molar-refractivity contribution < 1.29 is 18.3 Å². The molecule has 0 aromatic heterocycles. The lowest BCUT2D eigenvalue weighted by atomic mass is 9.97. The van der Waals surface area contributed by atoms with Crippen LogP contribution in [-0.2, 0) is 9.53 Å². The van der Waals surface area contributed by atoms with Crippen molar-refractivity contribution in [3.63, 3.8) is 0 Å². The molecule has 0 heterocycles. The van der Waals surface area contributed by atoms with Crippen molar-refractivity contribution in [1.29, 1.82) is 0 Å². The number of hydrogen-bond acceptors (Lipinski definition) is 2. The number of ether oxygens (including phenoxy) is 1. The van der Waals surface area contributed by atoms with Crippen molar-refractivity contribution in [2.45, 2.75) is 25.7 Å². The second kappa shape index (κ2) is 8.56. The van der Waals surface area contributed by atoms with E-state index in [1.165, 1.54) is 24.3 Å². The third kappa shape index (κ3) is 4.88. The van der Waals surface area contributed by atoms with Crippen LogP contribution < -0.4 is 0 Å². The molecule has 0 atom stereocenters. The molecule has 0 radical (unpaired) electrons. The first-order chi connectivity index (χ1) is 12.6. The number of ketones is 1. The van der Waals surface area contributed by atoms with E-state index < -0.39 is 0 Å². The summed E-state index contributed by atoms with van der Waals surface area (Å²) < 4.78 is 32.1. The summed E-state index contributed by atoms with van der Waals surface area (Å²) in [5.41, 5.74) is 2.59. The van der Waals surface area contributed by atoms with Gasteiger partial charge in [0, 0.05) is 25.3 Å². The Bertz CT molecular complexity index is 771. The fraction of sp³-hybridized carbons (Fsp3) is 0.227. The van der Waals surface area contributed by atoms with Crippen LogP contribution in [0.5, 0.6) is 0 Å². The molecule has 0 unspecified atom stereocenters. The molecule has 0 spiro atoms. The number of carbonyl (C=O) groups excluding carboxylic acids is 1. The van der Waals surface area contributed by atoms with Gasteiger partial charge in [0.2, 0.25) is 0 Å². The first-order valence-electron chi connectivity index (χ1n) is 8.70. The van der Waals surface area contributed by atoms with Crippen molar-refractivity contribution in [2.24, 2.45) is 0 Å². The summed E-state index contributed by atoms with van der Waals surface area (Å²) in [6, 6.07) is 12.4. The highest BCUT2D eigenvalue weighted by Gasteiger charge is 2.11. The van der Waals surface area contributed by atoms with Crippen molar-refractivity contribution in [3.8, 4) is 0 Å².